The van der Waals surface area contributed by atoms with Crippen LogP contribution in [0.5, 0.6) is 0 Å². The lowest BCUT2D eigenvalue weighted by atomic mass is 10.0. The second kappa shape index (κ2) is 22.5. The van der Waals surface area contributed by atoms with Crippen molar-refractivity contribution in [3.8, 4) is 0 Å². The fourth-order valence-corrected chi connectivity index (χ4v) is 5.19. The van der Waals surface area contributed by atoms with Crippen molar-refractivity contribution in [3.63, 3.8) is 0 Å². The van der Waals surface area contributed by atoms with Crippen LogP contribution >= 0.6 is 0 Å². The molecule has 3 atom stereocenters. The van der Waals surface area contributed by atoms with Gasteiger partial charge in [-0.15, -0.1) is 0 Å². The van der Waals surface area contributed by atoms with Crippen molar-refractivity contribution < 1.29 is 19.2 Å². The van der Waals surface area contributed by atoms with Gasteiger partial charge < -0.3 is 61.4 Å². The van der Waals surface area contributed by atoms with E-state index in [0.29, 0.717) is 24.0 Å². The number of nitrogens with two attached hydrogens (primary N) is 7. The molecule has 0 saturated carbocycles. The summed E-state index contributed by atoms with van der Waals surface area (Å²) < 4.78 is 0. The molecule has 0 aliphatic heterocycles. The smallest absolute Gasteiger partial charge is 0.243 e. The maximum Gasteiger partial charge on any atom is 0.243 e. The summed E-state index contributed by atoms with van der Waals surface area (Å²) in [5.74, 6) is -2.95. The molecule has 4 amide bonds. The van der Waals surface area contributed by atoms with Gasteiger partial charge >= 0.3 is 0 Å². The van der Waals surface area contributed by atoms with Crippen molar-refractivity contribution in [3.05, 3.63) is 70.8 Å². The Bertz CT molecular complexity index is 1660. The van der Waals surface area contributed by atoms with Gasteiger partial charge in [-0.1, -0.05) is 62.4 Å². The molecule has 0 aliphatic carbocycles. The first-order valence-corrected chi connectivity index (χ1v) is 17.4. The Morgan fingerprint density at radius 2 is 1.20 bits per heavy atom. The van der Waals surface area contributed by atoms with Gasteiger partial charge in [0.05, 0.1) is 13.0 Å². The highest BCUT2D eigenvalue weighted by Crippen LogP contribution is 2.13. The monoisotopic (exact) mass is 749 g/mol. The Hall–Kier alpha value is -6.40. The van der Waals surface area contributed by atoms with Gasteiger partial charge in [-0.2, -0.15) is 0 Å². The van der Waals surface area contributed by atoms with Crippen molar-refractivity contribution >= 4 is 47.3 Å². The van der Waals surface area contributed by atoms with Gasteiger partial charge in [0.1, 0.15) is 24.0 Å². The molecule has 19 nitrogen and oxygen atoms in total. The number of benzene rings is 2. The topological polar surface area (TPSA) is 359 Å². The highest BCUT2D eigenvalue weighted by Gasteiger charge is 2.31. The number of aliphatic imine (C=N–C) groups is 3. The first-order chi connectivity index (χ1) is 25.6. The standard InChI is InChI=1S/C35H55N15O4/c1-20(2)28(32(54)49-25(9-5-15-44-33(38)39)30(52)46-18-21-11-13-22(14-12-21)29(36)37)50-31(53)26(10-6-16-45-34(40)41)48-27(51)17-23-7-3-4-8-24(23)19-47-35(42)43/h3-4,7-8,11-14,20,25-26,28H,5-6,9-10,15-19H2,1-2H3,(H3,36,37)(H,46,52)(H,48,51)(H,49,54)(H,50,53)(H4,38,39,44)(H4,40,41,45)(H4,42,43,47)/t25-,26-,28-/m0/s1. The molecule has 0 fully saturated rings. The molecular formula is C35H55N15O4. The molecule has 2 aromatic rings. The van der Waals surface area contributed by atoms with Gasteiger partial charge in [0.15, 0.2) is 17.9 Å². The summed E-state index contributed by atoms with van der Waals surface area (Å²) in [6.45, 7) is 4.21. The number of guanidine groups is 3. The minimum atomic E-state index is -1.08. The summed E-state index contributed by atoms with van der Waals surface area (Å²) in [5.41, 5.74) is 41.0. The number of carbonyl (C=O) groups is 4. The van der Waals surface area contributed by atoms with Gasteiger partial charge in [0.25, 0.3) is 0 Å². The van der Waals surface area contributed by atoms with E-state index in [2.05, 4.69) is 36.2 Å². The summed E-state index contributed by atoms with van der Waals surface area (Å²) in [7, 11) is 0. The van der Waals surface area contributed by atoms with Crippen molar-refractivity contribution in [2.45, 2.75) is 77.2 Å². The molecule has 19 heteroatoms. The molecule has 2 aromatic carbocycles. The van der Waals surface area contributed by atoms with Crippen LogP contribution in [0.2, 0.25) is 0 Å². The van der Waals surface area contributed by atoms with Crippen LogP contribution in [0.3, 0.4) is 0 Å². The number of hydrogen-bond donors (Lipinski definition) is 12. The molecular weight excluding hydrogens is 694 g/mol. The van der Waals surface area contributed by atoms with Gasteiger partial charge in [0.2, 0.25) is 23.6 Å². The lowest BCUT2D eigenvalue weighted by Gasteiger charge is -2.27. The highest BCUT2D eigenvalue weighted by atomic mass is 16.2. The molecule has 2 rings (SSSR count). The first-order valence-electron chi connectivity index (χ1n) is 17.4. The summed E-state index contributed by atoms with van der Waals surface area (Å²) in [5, 5.41) is 18.7. The molecule has 0 saturated heterocycles. The van der Waals surface area contributed by atoms with E-state index in [0.717, 1.165) is 11.1 Å². The van der Waals surface area contributed by atoms with Crippen molar-refractivity contribution in [1.82, 2.24) is 21.3 Å². The van der Waals surface area contributed by atoms with Crippen molar-refractivity contribution in [1.29, 1.82) is 5.41 Å². The second-order valence-corrected chi connectivity index (χ2v) is 12.8. The van der Waals surface area contributed by atoms with Gasteiger partial charge in [-0.05, 0) is 48.3 Å². The van der Waals surface area contributed by atoms with E-state index in [1.807, 2.05) is 0 Å². The fourth-order valence-electron chi connectivity index (χ4n) is 5.19. The third-order valence-electron chi connectivity index (χ3n) is 8.06. The lowest BCUT2D eigenvalue weighted by molar-refractivity contribution is -0.134. The molecule has 0 unspecified atom stereocenters. The number of rotatable bonds is 22. The van der Waals surface area contributed by atoms with Crippen LogP contribution in [0.25, 0.3) is 0 Å². The van der Waals surface area contributed by atoms with E-state index in [9.17, 15) is 19.2 Å². The van der Waals surface area contributed by atoms with E-state index in [1.54, 1.807) is 62.4 Å². The van der Waals surface area contributed by atoms with Gasteiger partial charge in [-0.25, -0.2) is 4.99 Å². The lowest BCUT2D eigenvalue weighted by Crippen LogP contribution is -2.58. The second-order valence-electron chi connectivity index (χ2n) is 12.8. The molecule has 294 valence electrons. The highest BCUT2D eigenvalue weighted by molar-refractivity contribution is 5.95. The average molecular weight is 750 g/mol. The van der Waals surface area contributed by atoms with Gasteiger partial charge in [0, 0.05) is 25.2 Å². The zero-order chi connectivity index (χ0) is 40.2. The molecule has 0 heterocycles. The first kappa shape index (κ1) is 43.8. The largest absolute Gasteiger partial charge is 0.384 e. The molecule has 0 bridgehead atoms. The molecule has 54 heavy (non-hydrogen) atoms. The summed E-state index contributed by atoms with van der Waals surface area (Å²) in [6.07, 6.45) is 0.969. The SMILES string of the molecule is CC(C)[C@H](NC(=O)[C@H](CCCN=C(N)N)NC(=O)Cc1ccccc1CN=C(N)N)C(=O)N[C@@H](CCCN=C(N)N)C(=O)NCc1ccc(C(=N)N)cc1. The van der Waals surface area contributed by atoms with Crippen LogP contribution in [0.15, 0.2) is 63.5 Å². The van der Waals surface area contributed by atoms with Crippen LogP contribution in [0.1, 0.15) is 61.8 Å². The molecule has 19 N–H and O–H groups in total. The minimum Gasteiger partial charge on any atom is -0.384 e. The number of nitrogen functional groups attached to an aromatic ring is 1. The zero-order valence-corrected chi connectivity index (χ0v) is 30.8. The Labute approximate surface area is 314 Å². The summed E-state index contributed by atoms with van der Waals surface area (Å²) in [6, 6.07) is 10.8. The van der Waals surface area contributed by atoms with E-state index >= 15 is 0 Å². The number of carbonyl (C=O) groups excluding carboxylic acids is 4. The van der Waals surface area contributed by atoms with Gasteiger partial charge in [-0.3, -0.25) is 34.6 Å². The normalized spacial score (nSPS) is 12.3. The Morgan fingerprint density at radius 3 is 1.72 bits per heavy atom. The van der Waals surface area contributed by atoms with Crippen molar-refractivity contribution in [2.24, 2.45) is 61.0 Å². The number of hydrogen-bond acceptors (Lipinski definition) is 8. The van der Waals surface area contributed by atoms with Crippen molar-refractivity contribution in [2.75, 3.05) is 13.1 Å². The van der Waals surface area contributed by atoms with E-state index in [4.69, 9.17) is 45.5 Å². The minimum absolute atomic E-state index is 0.0700. The quantitative estimate of drug-likeness (QED) is 0.0349. The van der Waals surface area contributed by atoms with Crippen LogP contribution in [0.4, 0.5) is 0 Å². The summed E-state index contributed by atoms with van der Waals surface area (Å²) in [4.78, 5) is 66.2. The number of amides is 4. The zero-order valence-electron chi connectivity index (χ0n) is 30.8. The van der Waals surface area contributed by atoms with Crippen LogP contribution in [-0.4, -0.2) is 78.6 Å². The molecule has 0 aliphatic rings. The maximum atomic E-state index is 13.8. The Morgan fingerprint density at radius 1 is 0.667 bits per heavy atom. The summed E-state index contributed by atoms with van der Waals surface area (Å²) >= 11 is 0. The molecule has 0 spiro atoms. The van der Waals surface area contributed by atoms with Crippen LogP contribution in [-0.2, 0) is 38.7 Å². The third-order valence-corrected chi connectivity index (χ3v) is 8.06. The van der Waals surface area contributed by atoms with E-state index in [-0.39, 0.29) is 69.2 Å². The predicted molar refractivity (Wildman–Crippen MR) is 209 cm³/mol. The van der Waals surface area contributed by atoms with E-state index < -0.39 is 47.7 Å². The average Bonchev–Trinajstić information content (AvgIpc) is 3.11. The fraction of sp³-hybridized carbons (Fsp3) is 0.429. The molecule has 0 aromatic heterocycles. The van der Waals surface area contributed by atoms with E-state index in [1.165, 1.54) is 0 Å². The third kappa shape index (κ3) is 16.3. The van der Waals surface area contributed by atoms with Crippen LogP contribution < -0.4 is 61.4 Å². The predicted octanol–water partition coefficient (Wildman–Crippen LogP) is -2.18. The Kier molecular flexibility index (Phi) is 18.2. The Balaban J connectivity index is 2.23. The van der Waals surface area contributed by atoms with Crippen LogP contribution in [0, 0.1) is 11.3 Å². The maximum absolute atomic E-state index is 13.8. The molecule has 0 radical (unpaired) electrons. The number of amidine groups is 1. The number of nitrogens with one attached hydrogen (secondary N) is 5. The number of nitrogens with zero attached hydrogens (tertiary/aromatic N) is 3.